The van der Waals surface area contributed by atoms with Crippen molar-refractivity contribution in [1.82, 2.24) is 9.21 Å². The Kier molecular flexibility index (Phi) is 5.64. The number of likely N-dealkylation sites (tertiary alicyclic amines) is 1. The minimum absolute atomic E-state index is 0.109. The molecule has 1 saturated carbocycles. The summed E-state index contributed by atoms with van der Waals surface area (Å²) in [6.45, 7) is 3.65. The second-order valence-corrected chi connectivity index (χ2v) is 11.3. The molecular formula is C23H30N2O6S. The van der Waals surface area contributed by atoms with Gasteiger partial charge in [-0.25, -0.2) is 8.42 Å². The van der Waals surface area contributed by atoms with E-state index in [2.05, 4.69) is 0 Å². The first-order valence-electron chi connectivity index (χ1n) is 11.5. The lowest BCUT2D eigenvalue weighted by atomic mass is 9.81. The number of carbonyl (C=O) groups is 2. The molecule has 0 unspecified atom stereocenters. The van der Waals surface area contributed by atoms with Crippen LogP contribution in [0.1, 0.15) is 49.7 Å². The Hall–Kier alpha value is -1.81. The molecule has 2 amide bonds. The van der Waals surface area contributed by atoms with Gasteiger partial charge in [-0.3, -0.25) is 14.5 Å². The Morgan fingerprint density at radius 3 is 2.19 bits per heavy atom. The molecule has 3 aliphatic heterocycles. The van der Waals surface area contributed by atoms with Gasteiger partial charge in [0.1, 0.15) is 0 Å². The second-order valence-electron chi connectivity index (χ2n) is 9.37. The zero-order valence-electron chi connectivity index (χ0n) is 18.4. The summed E-state index contributed by atoms with van der Waals surface area (Å²) in [6.07, 6.45) is 4.50. The maximum Gasteiger partial charge on any atom is 0.243 e. The van der Waals surface area contributed by atoms with Gasteiger partial charge in [0.25, 0.3) is 0 Å². The Bertz CT molecular complexity index is 999. The SMILES string of the molecule is Cc1ccc(CN2C(=O)[C@H]3CCCC[C@@H]3C2=O)cc1S(=O)(=O)N1CCC2(CC1)OCCO2. The predicted molar refractivity (Wildman–Crippen MR) is 115 cm³/mol. The van der Waals surface area contributed by atoms with E-state index in [1.807, 2.05) is 6.07 Å². The molecule has 8 nitrogen and oxygen atoms in total. The normalized spacial score (nSPS) is 28.5. The third-order valence-corrected chi connectivity index (χ3v) is 9.48. The van der Waals surface area contributed by atoms with Crippen LogP contribution in [0.15, 0.2) is 23.1 Å². The smallest absolute Gasteiger partial charge is 0.243 e. The summed E-state index contributed by atoms with van der Waals surface area (Å²) < 4.78 is 39.8. The van der Waals surface area contributed by atoms with Crippen molar-refractivity contribution in [3.63, 3.8) is 0 Å². The predicted octanol–water partition coefficient (Wildman–Crippen LogP) is 2.20. The van der Waals surface area contributed by atoms with Gasteiger partial charge in [0.2, 0.25) is 21.8 Å². The first kappa shape index (κ1) is 22.0. The van der Waals surface area contributed by atoms with Crippen LogP contribution in [0.2, 0.25) is 0 Å². The zero-order valence-corrected chi connectivity index (χ0v) is 19.2. The molecule has 174 valence electrons. The summed E-state index contributed by atoms with van der Waals surface area (Å²) in [7, 11) is -3.71. The molecule has 1 spiro atoms. The summed E-state index contributed by atoms with van der Waals surface area (Å²) >= 11 is 0. The Morgan fingerprint density at radius 1 is 1.00 bits per heavy atom. The van der Waals surface area contributed by atoms with Gasteiger partial charge in [0.15, 0.2) is 5.79 Å². The highest BCUT2D eigenvalue weighted by Crippen LogP contribution is 2.39. The van der Waals surface area contributed by atoms with Crippen LogP contribution in [0.3, 0.4) is 0 Å². The summed E-state index contributed by atoms with van der Waals surface area (Å²) in [5.74, 6) is -1.27. The van der Waals surface area contributed by atoms with Gasteiger partial charge in [0.05, 0.1) is 36.5 Å². The molecule has 4 aliphatic rings. The largest absolute Gasteiger partial charge is 0.347 e. The Morgan fingerprint density at radius 2 is 1.59 bits per heavy atom. The van der Waals surface area contributed by atoms with Crippen LogP contribution < -0.4 is 0 Å². The van der Waals surface area contributed by atoms with Gasteiger partial charge in [-0.05, 0) is 37.0 Å². The molecule has 1 aromatic rings. The summed E-state index contributed by atoms with van der Waals surface area (Å²) in [6, 6.07) is 5.19. The molecule has 5 rings (SSSR count). The average molecular weight is 463 g/mol. The third kappa shape index (κ3) is 3.69. The lowest BCUT2D eigenvalue weighted by Gasteiger charge is -2.37. The molecule has 1 aromatic carbocycles. The Balaban J connectivity index is 1.35. The summed E-state index contributed by atoms with van der Waals surface area (Å²) in [5, 5.41) is 0. The summed E-state index contributed by atoms with van der Waals surface area (Å²) in [4.78, 5) is 27.2. The quantitative estimate of drug-likeness (QED) is 0.637. The average Bonchev–Trinajstić information content (AvgIpc) is 3.34. The van der Waals surface area contributed by atoms with Crippen LogP contribution in [0.4, 0.5) is 0 Å². The molecule has 0 N–H and O–H groups in total. The van der Waals surface area contributed by atoms with E-state index in [1.165, 1.54) is 9.21 Å². The number of imide groups is 1. The number of nitrogens with zero attached hydrogens (tertiary/aromatic N) is 2. The Labute approximate surface area is 188 Å². The molecule has 3 heterocycles. The van der Waals surface area contributed by atoms with E-state index < -0.39 is 15.8 Å². The summed E-state index contributed by atoms with van der Waals surface area (Å²) in [5.41, 5.74) is 1.31. The lowest BCUT2D eigenvalue weighted by Crippen LogP contribution is -2.47. The molecule has 0 bridgehead atoms. The molecule has 9 heteroatoms. The fraction of sp³-hybridized carbons (Fsp3) is 0.652. The number of aryl methyl sites for hydroxylation is 1. The molecular weight excluding hydrogens is 432 g/mol. The number of fused-ring (bicyclic) bond motifs is 1. The van der Waals surface area contributed by atoms with Gasteiger partial charge < -0.3 is 9.47 Å². The molecule has 4 fully saturated rings. The van der Waals surface area contributed by atoms with Crippen LogP contribution in [0.25, 0.3) is 0 Å². The van der Waals surface area contributed by atoms with E-state index in [4.69, 9.17) is 9.47 Å². The van der Waals surface area contributed by atoms with Crippen LogP contribution in [0, 0.1) is 18.8 Å². The molecule has 32 heavy (non-hydrogen) atoms. The second kappa shape index (κ2) is 8.20. The first-order valence-corrected chi connectivity index (χ1v) is 13.0. The number of carbonyl (C=O) groups excluding carboxylic acids is 2. The van der Waals surface area contributed by atoms with Crippen LogP contribution in [-0.2, 0) is 35.6 Å². The van der Waals surface area contributed by atoms with Gasteiger partial charge in [-0.1, -0.05) is 25.0 Å². The van der Waals surface area contributed by atoms with Crippen molar-refractivity contribution in [2.24, 2.45) is 11.8 Å². The number of benzene rings is 1. The number of ether oxygens (including phenoxy) is 2. The minimum atomic E-state index is -3.71. The minimum Gasteiger partial charge on any atom is -0.347 e. The van der Waals surface area contributed by atoms with E-state index >= 15 is 0 Å². The van der Waals surface area contributed by atoms with Gasteiger partial charge >= 0.3 is 0 Å². The number of hydrogen-bond donors (Lipinski definition) is 0. The van der Waals surface area contributed by atoms with Crippen molar-refractivity contribution < 1.29 is 27.5 Å². The highest BCUT2D eigenvalue weighted by molar-refractivity contribution is 7.89. The van der Waals surface area contributed by atoms with E-state index in [9.17, 15) is 18.0 Å². The maximum atomic E-state index is 13.4. The molecule has 3 saturated heterocycles. The van der Waals surface area contributed by atoms with Crippen molar-refractivity contribution >= 4 is 21.8 Å². The van der Waals surface area contributed by atoms with Crippen molar-refractivity contribution in [3.05, 3.63) is 29.3 Å². The highest BCUT2D eigenvalue weighted by Gasteiger charge is 2.48. The standard InChI is InChI=1S/C23H30N2O6S/c1-16-6-7-17(15-25-21(26)18-4-2-3-5-19(18)22(25)27)14-20(16)32(28,29)24-10-8-23(9-11-24)30-12-13-31-23/h6-7,14,18-19H,2-5,8-13,15H2,1H3/t18-,19-/m0/s1. The third-order valence-electron chi connectivity index (χ3n) is 7.44. The number of amides is 2. The topological polar surface area (TPSA) is 93.2 Å². The molecule has 2 atom stereocenters. The van der Waals surface area contributed by atoms with E-state index in [-0.39, 0.29) is 35.1 Å². The number of sulfonamides is 1. The molecule has 0 radical (unpaired) electrons. The van der Waals surface area contributed by atoms with Crippen LogP contribution >= 0.6 is 0 Å². The molecule has 0 aromatic heterocycles. The monoisotopic (exact) mass is 462 g/mol. The van der Waals surface area contributed by atoms with E-state index in [0.717, 1.165) is 25.7 Å². The number of piperidine rings is 1. The van der Waals surface area contributed by atoms with Crippen LogP contribution in [0.5, 0.6) is 0 Å². The van der Waals surface area contributed by atoms with Crippen molar-refractivity contribution in [1.29, 1.82) is 0 Å². The van der Waals surface area contributed by atoms with Crippen molar-refractivity contribution in [3.8, 4) is 0 Å². The fourth-order valence-corrected chi connectivity index (χ4v) is 7.30. The van der Waals surface area contributed by atoms with E-state index in [1.54, 1.807) is 19.1 Å². The van der Waals surface area contributed by atoms with Gasteiger partial charge in [-0.15, -0.1) is 0 Å². The highest BCUT2D eigenvalue weighted by atomic mass is 32.2. The molecule has 1 aliphatic carbocycles. The fourth-order valence-electron chi connectivity index (χ4n) is 5.58. The van der Waals surface area contributed by atoms with Crippen molar-refractivity contribution in [2.75, 3.05) is 26.3 Å². The first-order chi connectivity index (χ1) is 15.3. The van der Waals surface area contributed by atoms with Gasteiger partial charge in [-0.2, -0.15) is 4.31 Å². The van der Waals surface area contributed by atoms with Crippen molar-refractivity contribution in [2.45, 2.75) is 62.7 Å². The van der Waals surface area contributed by atoms with Gasteiger partial charge in [0, 0.05) is 25.9 Å². The van der Waals surface area contributed by atoms with E-state index in [0.29, 0.717) is 50.3 Å². The number of rotatable bonds is 4. The maximum absolute atomic E-state index is 13.4. The van der Waals surface area contributed by atoms with Crippen LogP contribution in [-0.4, -0.2) is 61.5 Å². The zero-order chi connectivity index (χ0) is 22.5. The lowest BCUT2D eigenvalue weighted by molar-refractivity contribution is -0.179. The number of hydrogen-bond acceptors (Lipinski definition) is 6.